The standard InChI is InChI=1S/C12H24N2/c1-3-13-8-11-6-7-12(11)14(2)9-10-4-5-10/h10-13H,3-9H2,1-2H3. The lowest BCUT2D eigenvalue weighted by molar-refractivity contribution is 0.0805. The molecule has 0 saturated heterocycles. The molecule has 0 radical (unpaired) electrons. The molecule has 0 aliphatic heterocycles. The summed E-state index contributed by atoms with van der Waals surface area (Å²) in [7, 11) is 2.32. The summed E-state index contributed by atoms with van der Waals surface area (Å²) in [4.78, 5) is 2.61. The molecule has 0 aromatic heterocycles. The molecule has 0 spiro atoms. The Hall–Kier alpha value is -0.0800. The Morgan fingerprint density at radius 3 is 2.50 bits per heavy atom. The number of hydrogen-bond donors (Lipinski definition) is 1. The topological polar surface area (TPSA) is 15.3 Å². The van der Waals surface area contributed by atoms with Crippen LogP contribution in [0.1, 0.15) is 32.6 Å². The first kappa shape index (κ1) is 10.4. The monoisotopic (exact) mass is 196 g/mol. The van der Waals surface area contributed by atoms with Crippen LogP contribution in [0.25, 0.3) is 0 Å². The van der Waals surface area contributed by atoms with Gasteiger partial charge >= 0.3 is 0 Å². The van der Waals surface area contributed by atoms with Crippen LogP contribution in [0.5, 0.6) is 0 Å². The third kappa shape index (κ3) is 2.48. The van der Waals surface area contributed by atoms with Gasteiger partial charge < -0.3 is 10.2 Å². The Balaban J connectivity index is 1.68. The lowest BCUT2D eigenvalue weighted by Gasteiger charge is -2.43. The van der Waals surface area contributed by atoms with Crippen molar-refractivity contribution >= 4 is 0 Å². The van der Waals surface area contributed by atoms with E-state index in [9.17, 15) is 0 Å². The molecule has 0 aromatic carbocycles. The van der Waals surface area contributed by atoms with E-state index in [0.717, 1.165) is 24.4 Å². The van der Waals surface area contributed by atoms with E-state index in [0.29, 0.717) is 0 Å². The van der Waals surface area contributed by atoms with Crippen LogP contribution < -0.4 is 5.32 Å². The first-order chi connectivity index (χ1) is 6.81. The SMILES string of the molecule is CCNCC1CCC1N(C)CC1CC1. The molecule has 2 saturated carbocycles. The quantitative estimate of drug-likeness (QED) is 0.696. The van der Waals surface area contributed by atoms with Gasteiger partial charge in [0.05, 0.1) is 0 Å². The Morgan fingerprint density at radius 2 is 2.00 bits per heavy atom. The highest BCUT2D eigenvalue weighted by Crippen LogP contribution is 2.35. The van der Waals surface area contributed by atoms with Crippen LogP contribution in [0.2, 0.25) is 0 Å². The molecule has 2 nitrogen and oxygen atoms in total. The van der Waals surface area contributed by atoms with Crippen LogP contribution in [0.3, 0.4) is 0 Å². The number of nitrogens with one attached hydrogen (secondary N) is 1. The normalized spacial score (nSPS) is 31.9. The second kappa shape index (κ2) is 4.63. The van der Waals surface area contributed by atoms with Gasteiger partial charge in [0, 0.05) is 12.6 Å². The zero-order valence-corrected chi connectivity index (χ0v) is 9.63. The average Bonchev–Trinajstić information content (AvgIpc) is 2.86. The minimum Gasteiger partial charge on any atom is -0.317 e. The van der Waals surface area contributed by atoms with Crippen molar-refractivity contribution in [3.05, 3.63) is 0 Å². The van der Waals surface area contributed by atoms with E-state index in [4.69, 9.17) is 0 Å². The fraction of sp³-hybridized carbons (Fsp3) is 1.00. The summed E-state index contributed by atoms with van der Waals surface area (Å²) in [6, 6.07) is 0.884. The van der Waals surface area contributed by atoms with Gasteiger partial charge in [-0.15, -0.1) is 0 Å². The molecule has 2 aliphatic carbocycles. The summed E-state index contributed by atoms with van der Waals surface area (Å²) < 4.78 is 0. The van der Waals surface area contributed by atoms with E-state index >= 15 is 0 Å². The number of hydrogen-bond acceptors (Lipinski definition) is 2. The minimum atomic E-state index is 0.884. The van der Waals surface area contributed by atoms with Crippen LogP contribution in [0, 0.1) is 11.8 Å². The van der Waals surface area contributed by atoms with Crippen LogP contribution in [0.15, 0.2) is 0 Å². The molecule has 2 unspecified atom stereocenters. The Labute approximate surface area is 88.1 Å². The highest BCUT2D eigenvalue weighted by Gasteiger charge is 2.35. The van der Waals surface area contributed by atoms with Gasteiger partial charge in [0.1, 0.15) is 0 Å². The lowest BCUT2D eigenvalue weighted by atomic mass is 9.78. The van der Waals surface area contributed by atoms with Crippen molar-refractivity contribution in [1.29, 1.82) is 0 Å². The van der Waals surface area contributed by atoms with Crippen LogP contribution in [0.4, 0.5) is 0 Å². The molecule has 2 atom stereocenters. The molecule has 0 amide bonds. The molecule has 0 bridgehead atoms. The summed E-state index contributed by atoms with van der Waals surface area (Å²) in [6.45, 7) is 5.90. The molecule has 82 valence electrons. The van der Waals surface area contributed by atoms with Crippen molar-refractivity contribution in [3.63, 3.8) is 0 Å². The van der Waals surface area contributed by atoms with Crippen molar-refractivity contribution in [2.75, 3.05) is 26.7 Å². The van der Waals surface area contributed by atoms with Gasteiger partial charge in [0.25, 0.3) is 0 Å². The van der Waals surface area contributed by atoms with Gasteiger partial charge in [-0.05, 0) is 57.7 Å². The van der Waals surface area contributed by atoms with Crippen LogP contribution >= 0.6 is 0 Å². The molecule has 14 heavy (non-hydrogen) atoms. The van der Waals surface area contributed by atoms with Crippen molar-refractivity contribution in [1.82, 2.24) is 10.2 Å². The Kier molecular flexibility index (Phi) is 3.45. The Morgan fingerprint density at radius 1 is 1.21 bits per heavy atom. The fourth-order valence-electron chi connectivity index (χ4n) is 2.54. The van der Waals surface area contributed by atoms with Crippen molar-refractivity contribution < 1.29 is 0 Å². The van der Waals surface area contributed by atoms with Gasteiger partial charge in [-0.2, -0.15) is 0 Å². The largest absolute Gasteiger partial charge is 0.317 e. The van der Waals surface area contributed by atoms with E-state index in [2.05, 4.69) is 24.2 Å². The third-order valence-corrected chi connectivity index (χ3v) is 3.84. The van der Waals surface area contributed by atoms with E-state index in [1.165, 1.54) is 38.8 Å². The molecular weight excluding hydrogens is 172 g/mol. The number of rotatable bonds is 6. The van der Waals surface area contributed by atoms with Crippen molar-refractivity contribution in [2.45, 2.75) is 38.6 Å². The van der Waals surface area contributed by atoms with Crippen molar-refractivity contribution in [2.24, 2.45) is 11.8 Å². The summed E-state index contributed by atoms with van der Waals surface area (Å²) in [5, 5.41) is 3.48. The molecular formula is C12H24N2. The number of nitrogens with zero attached hydrogens (tertiary/aromatic N) is 1. The Bertz CT molecular complexity index is 177. The summed E-state index contributed by atoms with van der Waals surface area (Å²) >= 11 is 0. The van der Waals surface area contributed by atoms with Gasteiger partial charge in [0.15, 0.2) is 0 Å². The predicted molar refractivity (Wildman–Crippen MR) is 60.4 cm³/mol. The van der Waals surface area contributed by atoms with Crippen LogP contribution in [-0.4, -0.2) is 37.6 Å². The molecule has 0 heterocycles. The highest BCUT2D eigenvalue weighted by atomic mass is 15.2. The molecule has 1 N–H and O–H groups in total. The maximum atomic E-state index is 3.48. The average molecular weight is 196 g/mol. The van der Waals surface area contributed by atoms with Crippen LogP contribution in [-0.2, 0) is 0 Å². The summed E-state index contributed by atoms with van der Waals surface area (Å²) in [6.07, 6.45) is 5.83. The molecule has 0 aromatic rings. The zero-order valence-electron chi connectivity index (χ0n) is 9.63. The smallest absolute Gasteiger partial charge is 0.0133 e. The summed E-state index contributed by atoms with van der Waals surface area (Å²) in [5.41, 5.74) is 0. The fourth-order valence-corrected chi connectivity index (χ4v) is 2.54. The molecule has 2 fully saturated rings. The summed E-state index contributed by atoms with van der Waals surface area (Å²) in [5.74, 6) is 1.97. The maximum Gasteiger partial charge on any atom is 0.0133 e. The van der Waals surface area contributed by atoms with Gasteiger partial charge in [0.2, 0.25) is 0 Å². The second-order valence-corrected chi connectivity index (χ2v) is 5.10. The van der Waals surface area contributed by atoms with E-state index in [1.54, 1.807) is 0 Å². The van der Waals surface area contributed by atoms with Gasteiger partial charge in [-0.3, -0.25) is 0 Å². The first-order valence-corrected chi connectivity index (χ1v) is 6.22. The van der Waals surface area contributed by atoms with E-state index < -0.39 is 0 Å². The molecule has 2 aliphatic rings. The minimum absolute atomic E-state index is 0.884. The van der Waals surface area contributed by atoms with E-state index in [-0.39, 0.29) is 0 Å². The zero-order chi connectivity index (χ0) is 9.97. The molecule has 2 heteroatoms. The first-order valence-electron chi connectivity index (χ1n) is 6.22. The highest BCUT2D eigenvalue weighted by molar-refractivity contribution is 4.90. The molecule has 2 rings (SSSR count). The van der Waals surface area contributed by atoms with Gasteiger partial charge in [-0.25, -0.2) is 0 Å². The van der Waals surface area contributed by atoms with E-state index in [1.807, 2.05) is 0 Å². The maximum absolute atomic E-state index is 3.48. The lowest BCUT2D eigenvalue weighted by Crippen LogP contribution is -2.49. The van der Waals surface area contributed by atoms with Gasteiger partial charge in [-0.1, -0.05) is 6.92 Å². The third-order valence-electron chi connectivity index (χ3n) is 3.84. The second-order valence-electron chi connectivity index (χ2n) is 5.10. The van der Waals surface area contributed by atoms with Crippen molar-refractivity contribution in [3.8, 4) is 0 Å². The predicted octanol–water partition coefficient (Wildman–Crippen LogP) is 1.72.